The van der Waals surface area contributed by atoms with Crippen molar-refractivity contribution < 1.29 is 23.5 Å². The van der Waals surface area contributed by atoms with E-state index in [9.17, 15) is 18.4 Å². The minimum Gasteiger partial charge on any atom is -0.465 e. The van der Waals surface area contributed by atoms with Gasteiger partial charge in [0.05, 0.1) is 6.54 Å². The van der Waals surface area contributed by atoms with Crippen molar-refractivity contribution in [2.75, 3.05) is 11.9 Å². The number of aromatic nitrogens is 1. The van der Waals surface area contributed by atoms with Crippen molar-refractivity contribution in [3.8, 4) is 0 Å². The van der Waals surface area contributed by atoms with E-state index in [1.165, 1.54) is 6.07 Å². The third-order valence-electron chi connectivity index (χ3n) is 2.85. The van der Waals surface area contributed by atoms with Crippen molar-refractivity contribution in [3.05, 3.63) is 22.6 Å². The first-order valence-corrected chi connectivity index (χ1v) is 6.44. The number of pyridine rings is 1. The van der Waals surface area contributed by atoms with Crippen LogP contribution in [0, 0.1) is 5.82 Å². The Hall–Kier alpha value is -1.77. The van der Waals surface area contributed by atoms with Crippen molar-refractivity contribution in [3.63, 3.8) is 0 Å². The molecule has 2 heterocycles. The van der Waals surface area contributed by atoms with Crippen molar-refractivity contribution >= 4 is 33.7 Å². The third kappa shape index (κ3) is 3.03. The zero-order chi connectivity index (χ0) is 14.9. The van der Waals surface area contributed by atoms with Crippen LogP contribution in [0.25, 0.3) is 0 Å². The third-order valence-corrected chi connectivity index (χ3v) is 3.41. The number of carbonyl (C=O) groups is 2. The molecule has 1 aromatic rings. The van der Waals surface area contributed by atoms with Gasteiger partial charge < -0.3 is 10.4 Å². The molecule has 0 saturated carbocycles. The SMILES string of the molecule is O=C(Nc1ccc(F)c(Br)n1)[C@@H]1C[C@@H](F)CN1C(=O)O. The topological polar surface area (TPSA) is 82.5 Å². The van der Waals surface area contributed by atoms with Gasteiger partial charge in [0.1, 0.15) is 22.6 Å². The van der Waals surface area contributed by atoms with E-state index in [1.807, 2.05) is 0 Å². The van der Waals surface area contributed by atoms with E-state index in [2.05, 4.69) is 26.2 Å². The number of anilines is 1. The van der Waals surface area contributed by atoms with Crippen LogP contribution < -0.4 is 5.32 Å². The van der Waals surface area contributed by atoms with Gasteiger partial charge in [0.2, 0.25) is 5.91 Å². The fraction of sp³-hybridized carbons (Fsp3) is 0.364. The maximum Gasteiger partial charge on any atom is 0.408 e. The molecule has 6 nitrogen and oxygen atoms in total. The van der Waals surface area contributed by atoms with Crippen LogP contribution in [0.4, 0.5) is 19.4 Å². The largest absolute Gasteiger partial charge is 0.465 e. The lowest BCUT2D eigenvalue weighted by atomic mass is 10.2. The van der Waals surface area contributed by atoms with E-state index in [0.29, 0.717) is 0 Å². The number of rotatable bonds is 2. The van der Waals surface area contributed by atoms with Crippen LogP contribution >= 0.6 is 15.9 Å². The van der Waals surface area contributed by atoms with Crippen LogP contribution in [0.5, 0.6) is 0 Å². The van der Waals surface area contributed by atoms with Crippen molar-refractivity contribution in [1.82, 2.24) is 9.88 Å². The fourth-order valence-electron chi connectivity index (χ4n) is 1.94. The van der Waals surface area contributed by atoms with Crippen molar-refractivity contribution in [2.24, 2.45) is 0 Å². The number of likely N-dealkylation sites (tertiary alicyclic amines) is 1. The van der Waals surface area contributed by atoms with Crippen molar-refractivity contribution in [1.29, 1.82) is 0 Å². The Bertz CT molecular complexity index is 558. The van der Waals surface area contributed by atoms with Gasteiger partial charge in [0.25, 0.3) is 0 Å². The zero-order valence-corrected chi connectivity index (χ0v) is 11.6. The average Bonchev–Trinajstić information content (AvgIpc) is 2.76. The molecule has 0 aromatic carbocycles. The highest BCUT2D eigenvalue weighted by Crippen LogP contribution is 2.22. The number of halogens is 3. The summed E-state index contributed by atoms with van der Waals surface area (Å²) >= 11 is 2.86. The molecule has 2 rings (SSSR count). The van der Waals surface area contributed by atoms with Gasteiger partial charge >= 0.3 is 6.09 Å². The smallest absolute Gasteiger partial charge is 0.408 e. The molecule has 0 radical (unpaired) electrons. The molecule has 2 N–H and O–H groups in total. The molecule has 1 fully saturated rings. The molecule has 2 atom stereocenters. The van der Waals surface area contributed by atoms with Gasteiger partial charge in [-0.1, -0.05) is 0 Å². The molecule has 2 amide bonds. The Kier molecular flexibility index (Phi) is 4.17. The summed E-state index contributed by atoms with van der Waals surface area (Å²) in [7, 11) is 0. The highest BCUT2D eigenvalue weighted by molar-refractivity contribution is 9.10. The lowest BCUT2D eigenvalue weighted by molar-refractivity contribution is -0.120. The molecule has 1 aliphatic heterocycles. The molecular formula is C11H10BrF2N3O3. The summed E-state index contributed by atoms with van der Waals surface area (Å²) in [4.78, 5) is 27.3. The number of carbonyl (C=O) groups excluding carboxylic acids is 1. The summed E-state index contributed by atoms with van der Waals surface area (Å²) in [5, 5.41) is 11.2. The van der Waals surface area contributed by atoms with Crippen LogP contribution in [-0.4, -0.2) is 45.7 Å². The molecule has 0 bridgehead atoms. The van der Waals surface area contributed by atoms with Gasteiger partial charge in [-0.3, -0.25) is 9.69 Å². The maximum atomic E-state index is 13.2. The Morgan fingerprint density at radius 3 is 2.80 bits per heavy atom. The number of hydrogen-bond donors (Lipinski definition) is 2. The average molecular weight is 350 g/mol. The molecule has 1 saturated heterocycles. The molecule has 108 valence electrons. The summed E-state index contributed by atoms with van der Waals surface area (Å²) < 4.78 is 26.2. The molecule has 0 aliphatic carbocycles. The number of alkyl halides is 1. The lowest BCUT2D eigenvalue weighted by Gasteiger charge is -2.19. The Morgan fingerprint density at radius 1 is 1.50 bits per heavy atom. The second-order valence-corrected chi connectivity index (χ2v) is 4.99. The van der Waals surface area contributed by atoms with Gasteiger partial charge in [-0.2, -0.15) is 0 Å². The van der Waals surface area contributed by atoms with Crippen LogP contribution in [0.2, 0.25) is 0 Å². The van der Waals surface area contributed by atoms with Gasteiger partial charge in [-0.05, 0) is 28.1 Å². The quantitative estimate of drug-likeness (QED) is 0.800. The first-order chi connectivity index (χ1) is 9.38. The highest BCUT2D eigenvalue weighted by atomic mass is 79.9. The second kappa shape index (κ2) is 5.70. The fourth-order valence-corrected chi connectivity index (χ4v) is 2.26. The minimum atomic E-state index is -1.38. The summed E-state index contributed by atoms with van der Waals surface area (Å²) in [6.45, 7) is -0.339. The molecule has 1 aromatic heterocycles. The number of nitrogens with zero attached hydrogens (tertiary/aromatic N) is 2. The summed E-state index contributed by atoms with van der Waals surface area (Å²) in [6, 6.07) is 1.20. The Labute approximate surface area is 120 Å². The second-order valence-electron chi connectivity index (χ2n) is 4.24. The van der Waals surface area contributed by atoms with E-state index < -0.39 is 30.0 Å². The van der Waals surface area contributed by atoms with Gasteiger partial charge in [0, 0.05) is 6.42 Å². The van der Waals surface area contributed by atoms with Gasteiger partial charge in [-0.25, -0.2) is 18.6 Å². The van der Waals surface area contributed by atoms with Gasteiger partial charge in [-0.15, -0.1) is 0 Å². The van der Waals surface area contributed by atoms with Crippen LogP contribution in [0.1, 0.15) is 6.42 Å². The van der Waals surface area contributed by atoms with Crippen LogP contribution in [-0.2, 0) is 4.79 Å². The van der Waals surface area contributed by atoms with E-state index in [-0.39, 0.29) is 23.4 Å². The predicted molar refractivity (Wildman–Crippen MR) is 68.6 cm³/mol. The van der Waals surface area contributed by atoms with Crippen LogP contribution in [0.15, 0.2) is 16.7 Å². The van der Waals surface area contributed by atoms with Gasteiger partial charge in [0.15, 0.2) is 5.82 Å². The standard InChI is InChI=1S/C11H10BrF2N3O3/c12-9-6(14)1-2-8(15-9)16-10(18)7-3-5(13)4-17(7)11(19)20/h1-2,5,7H,3-4H2,(H,19,20)(H,15,16,18)/t5-,7+/m1/s1. The summed E-state index contributed by atoms with van der Waals surface area (Å²) in [6.07, 6.45) is -2.95. The van der Waals surface area contributed by atoms with E-state index in [4.69, 9.17) is 5.11 Å². The molecule has 1 aliphatic rings. The highest BCUT2D eigenvalue weighted by Gasteiger charge is 2.40. The first-order valence-electron chi connectivity index (χ1n) is 5.65. The monoisotopic (exact) mass is 349 g/mol. The van der Waals surface area contributed by atoms with Crippen molar-refractivity contribution in [2.45, 2.75) is 18.6 Å². The number of hydrogen-bond acceptors (Lipinski definition) is 3. The van der Waals surface area contributed by atoms with E-state index in [0.717, 1.165) is 11.0 Å². The molecule has 0 spiro atoms. The lowest BCUT2D eigenvalue weighted by Crippen LogP contribution is -2.42. The Balaban J connectivity index is 2.11. The number of nitrogens with one attached hydrogen (secondary N) is 1. The minimum absolute atomic E-state index is 0.0518. The molecule has 20 heavy (non-hydrogen) atoms. The van der Waals surface area contributed by atoms with Crippen LogP contribution in [0.3, 0.4) is 0 Å². The predicted octanol–water partition coefficient (Wildman–Crippen LogP) is 2.01. The normalized spacial score (nSPS) is 21.9. The maximum absolute atomic E-state index is 13.2. The molecule has 9 heteroatoms. The summed E-state index contributed by atoms with van der Waals surface area (Å²) in [5.74, 6) is -1.24. The summed E-state index contributed by atoms with van der Waals surface area (Å²) in [5.41, 5.74) is 0. The number of amides is 2. The molecule has 0 unspecified atom stereocenters. The Morgan fingerprint density at radius 2 is 2.20 bits per heavy atom. The van der Waals surface area contributed by atoms with E-state index >= 15 is 0 Å². The van der Waals surface area contributed by atoms with E-state index in [1.54, 1.807) is 0 Å². The molecular weight excluding hydrogens is 340 g/mol. The zero-order valence-electron chi connectivity index (χ0n) is 10.0. The number of carboxylic acid groups (broad SMARTS) is 1. The first kappa shape index (κ1) is 14.6.